The fraction of sp³-hybridized carbons (Fsp3) is 0.538. The molecule has 0 spiro atoms. The largest absolute Gasteiger partial charge is 0.477 e. The van der Waals surface area contributed by atoms with E-state index in [0.29, 0.717) is 6.04 Å². The minimum atomic E-state index is -1.01. The van der Waals surface area contributed by atoms with Crippen LogP contribution in [0.1, 0.15) is 36.7 Å². The van der Waals surface area contributed by atoms with E-state index in [-0.39, 0.29) is 11.8 Å². The molecule has 2 atom stereocenters. The number of nitrogens with zero attached hydrogens (tertiary/aromatic N) is 2. The number of carboxylic acids is 1. The lowest BCUT2D eigenvalue weighted by Crippen LogP contribution is -2.31. The maximum absolute atomic E-state index is 10.7. The van der Waals surface area contributed by atoms with Gasteiger partial charge in [-0.15, -0.1) is 0 Å². The average Bonchev–Trinajstić information content (AvgIpc) is 2.76. The molecule has 18 heavy (non-hydrogen) atoms. The van der Waals surface area contributed by atoms with E-state index in [4.69, 9.17) is 5.11 Å². The minimum absolute atomic E-state index is 0.0602. The zero-order chi connectivity index (χ0) is 13.1. The third-order valence-electron chi connectivity index (χ3n) is 3.29. The van der Waals surface area contributed by atoms with E-state index in [0.717, 1.165) is 31.5 Å². The van der Waals surface area contributed by atoms with Crippen LogP contribution in [0.25, 0.3) is 0 Å². The molecule has 0 bridgehead atoms. The quantitative estimate of drug-likeness (QED) is 0.847. The van der Waals surface area contributed by atoms with Gasteiger partial charge in [0, 0.05) is 12.6 Å². The molecule has 2 unspecified atom stereocenters. The number of aliphatic hydroxyl groups is 1. The molecular formula is C13H18N2O3. The Balaban J connectivity index is 2.12. The summed E-state index contributed by atoms with van der Waals surface area (Å²) in [5.74, 6) is -1.01. The Labute approximate surface area is 106 Å². The molecule has 0 radical (unpaired) electrons. The average molecular weight is 250 g/mol. The van der Waals surface area contributed by atoms with Gasteiger partial charge in [0.15, 0.2) is 0 Å². The molecule has 5 heteroatoms. The molecule has 5 nitrogen and oxygen atoms in total. The summed E-state index contributed by atoms with van der Waals surface area (Å²) >= 11 is 0. The molecule has 98 valence electrons. The van der Waals surface area contributed by atoms with Gasteiger partial charge in [-0.3, -0.25) is 0 Å². The van der Waals surface area contributed by atoms with Crippen LogP contribution in [0, 0.1) is 0 Å². The molecule has 0 aromatic carbocycles. The number of hydrogen-bond acceptors (Lipinski definition) is 4. The molecule has 2 heterocycles. The third kappa shape index (κ3) is 2.79. The molecule has 2 N–H and O–H groups in total. The number of aliphatic hydroxyl groups excluding tert-OH is 1. The van der Waals surface area contributed by atoms with Crippen molar-refractivity contribution in [1.29, 1.82) is 0 Å². The van der Waals surface area contributed by atoms with Gasteiger partial charge in [-0.25, -0.2) is 9.78 Å². The number of anilines is 1. The highest BCUT2D eigenvalue weighted by molar-refractivity contribution is 5.85. The summed E-state index contributed by atoms with van der Waals surface area (Å²) in [5, 5.41) is 18.3. The first kappa shape index (κ1) is 12.8. The van der Waals surface area contributed by atoms with Crippen molar-refractivity contribution in [2.75, 3.05) is 11.4 Å². The van der Waals surface area contributed by atoms with E-state index in [1.807, 2.05) is 0 Å². The number of carbonyl (C=O) groups is 1. The first-order valence-corrected chi connectivity index (χ1v) is 6.22. The smallest absolute Gasteiger partial charge is 0.354 e. The van der Waals surface area contributed by atoms with Gasteiger partial charge in [0.1, 0.15) is 5.69 Å². The highest BCUT2D eigenvalue weighted by atomic mass is 16.4. The van der Waals surface area contributed by atoms with Gasteiger partial charge in [-0.1, -0.05) is 0 Å². The summed E-state index contributed by atoms with van der Waals surface area (Å²) in [7, 11) is 0. The molecule has 0 aliphatic carbocycles. The van der Waals surface area contributed by atoms with Crippen molar-refractivity contribution in [3.05, 3.63) is 24.0 Å². The molecule has 1 saturated heterocycles. The second-order valence-corrected chi connectivity index (χ2v) is 4.78. The van der Waals surface area contributed by atoms with Crippen molar-refractivity contribution >= 4 is 11.7 Å². The minimum Gasteiger partial charge on any atom is -0.477 e. The monoisotopic (exact) mass is 250 g/mol. The van der Waals surface area contributed by atoms with Crippen molar-refractivity contribution < 1.29 is 15.0 Å². The summed E-state index contributed by atoms with van der Waals surface area (Å²) in [6.07, 6.45) is 4.18. The topological polar surface area (TPSA) is 73.7 Å². The number of aromatic nitrogens is 1. The van der Waals surface area contributed by atoms with Crippen molar-refractivity contribution in [3.8, 4) is 0 Å². The lowest BCUT2D eigenvalue weighted by molar-refractivity contribution is 0.0690. The zero-order valence-electron chi connectivity index (χ0n) is 10.4. The van der Waals surface area contributed by atoms with E-state index in [1.54, 1.807) is 19.2 Å². The SMILES string of the molecule is CC(O)CC1CCCN1c1ccc(C(=O)O)nc1. The van der Waals surface area contributed by atoms with Gasteiger partial charge < -0.3 is 15.1 Å². The molecule has 0 amide bonds. The second kappa shape index (κ2) is 5.35. The summed E-state index contributed by atoms with van der Waals surface area (Å²) in [6.45, 7) is 2.73. The Morgan fingerprint density at radius 3 is 2.94 bits per heavy atom. The van der Waals surface area contributed by atoms with Crippen LogP contribution in [-0.2, 0) is 0 Å². The Hall–Kier alpha value is -1.62. The molecule has 0 saturated carbocycles. The zero-order valence-corrected chi connectivity index (χ0v) is 10.4. The predicted molar refractivity (Wildman–Crippen MR) is 67.9 cm³/mol. The maximum atomic E-state index is 10.7. The van der Waals surface area contributed by atoms with Crippen LogP contribution in [0.5, 0.6) is 0 Å². The van der Waals surface area contributed by atoms with Crippen LogP contribution in [0.15, 0.2) is 18.3 Å². The highest BCUT2D eigenvalue weighted by Gasteiger charge is 2.26. The molecule has 1 aromatic rings. The lowest BCUT2D eigenvalue weighted by atomic mass is 10.1. The van der Waals surface area contributed by atoms with Gasteiger partial charge in [0.2, 0.25) is 0 Å². The summed E-state index contributed by atoms with van der Waals surface area (Å²) in [4.78, 5) is 16.9. The fourth-order valence-corrected chi connectivity index (χ4v) is 2.50. The Bertz CT molecular complexity index is 417. The Morgan fingerprint density at radius 1 is 1.61 bits per heavy atom. The van der Waals surface area contributed by atoms with E-state index in [9.17, 15) is 9.90 Å². The number of rotatable bonds is 4. The van der Waals surface area contributed by atoms with Gasteiger partial charge in [-0.05, 0) is 38.3 Å². The fourth-order valence-electron chi connectivity index (χ4n) is 2.50. The maximum Gasteiger partial charge on any atom is 0.354 e. The standard InChI is InChI=1S/C13H18N2O3/c1-9(16)7-10-3-2-6-15(10)11-4-5-12(13(17)18)14-8-11/h4-5,8-10,16H,2-3,6-7H2,1H3,(H,17,18). The van der Waals surface area contributed by atoms with Crippen LogP contribution in [0.4, 0.5) is 5.69 Å². The van der Waals surface area contributed by atoms with Gasteiger partial charge in [0.05, 0.1) is 18.0 Å². The molecule has 2 rings (SSSR count). The van der Waals surface area contributed by atoms with Crippen molar-refractivity contribution in [1.82, 2.24) is 4.98 Å². The molecule has 1 aromatic heterocycles. The molecular weight excluding hydrogens is 232 g/mol. The number of carboxylic acid groups (broad SMARTS) is 1. The lowest BCUT2D eigenvalue weighted by Gasteiger charge is -2.27. The first-order chi connectivity index (χ1) is 8.58. The molecule has 1 aliphatic rings. The van der Waals surface area contributed by atoms with Crippen LogP contribution < -0.4 is 4.90 Å². The second-order valence-electron chi connectivity index (χ2n) is 4.78. The summed E-state index contributed by atoms with van der Waals surface area (Å²) in [6, 6.07) is 3.63. The highest BCUT2D eigenvalue weighted by Crippen LogP contribution is 2.27. The Kier molecular flexibility index (Phi) is 3.81. The van der Waals surface area contributed by atoms with E-state index >= 15 is 0 Å². The normalized spacial score (nSPS) is 21.0. The summed E-state index contributed by atoms with van der Waals surface area (Å²) in [5.41, 5.74) is 0.994. The van der Waals surface area contributed by atoms with Gasteiger partial charge >= 0.3 is 5.97 Å². The van der Waals surface area contributed by atoms with Gasteiger partial charge in [0.25, 0.3) is 0 Å². The van der Waals surface area contributed by atoms with E-state index in [1.165, 1.54) is 6.07 Å². The summed E-state index contributed by atoms with van der Waals surface area (Å²) < 4.78 is 0. The Morgan fingerprint density at radius 2 is 2.39 bits per heavy atom. The predicted octanol–water partition coefficient (Wildman–Crippen LogP) is 1.52. The number of aromatic carboxylic acids is 1. The van der Waals surface area contributed by atoms with Crippen LogP contribution in [0.2, 0.25) is 0 Å². The number of pyridine rings is 1. The van der Waals surface area contributed by atoms with Crippen molar-refractivity contribution in [2.24, 2.45) is 0 Å². The number of hydrogen-bond donors (Lipinski definition) is 2. The van der Waals surface area contributed by atoms with E-state index < -0.39 is 5.97 Å². The van der Waals surface area contributed by atoms with Crippen LogP contribution >= 0.6 is 0 Å². The van der Waals surface area contributed by atoms with Crippen molar-refractivity contribution in [3.63, 3.8) is 0 Å². The third-order valence-corrected chi connectivity index (χ3v) is 3.29. The van der Waals surface area contributed by atoms with Gasteiger partial charge in [-0.2, -0.15) is 0 Å². The molecule has 1 fully saturated rings. The van der Waals surface area contributed by atoms with E-state index in [2.05, 4.69) is 9.88 Å². The van der Waals surface area contributed by atoms with Crippen LogP contribution in [-0.4, -0.2) is 39.9 Å². The first-order valence-electron chi connectivity index (χ1n) is 6.22. The molecule has 1 aliphatic heterocycles. The van der Waals surface area contributed by atoms with Crippen LogP contribution in [0.3, 0.4) is 0 Å². The van der Waals surface area contributed by atoms with Crippen molar-refractivity contribution in [2.45, 2.75) is 38.3 Å².